The molecule has 0 unspecified atom stereocenters. The topological polar surface area (TPSA) is 68.3 Å². The first-order valence-electron chi connectivity index (χ1n) is 6.02. The van der Waals surface area contributed by atoms with Crippen molar-refractivity contribution < 1.29 is 9.31 Å². The molecule has 1 fully saturated rings. The van der Waals surface area contributed by atoms with Gasteiger partial charge in [0.05, 0.1) is 11.2 Å². The molecule has 0 radical (unpaired) electrons. The van der Waals surface area contributed by atoms with Crippen molar-refractivity contribution in [3.63, 3.8) is 0 Å². The third kappa shape index (κ3) is 2.04. The van der Waals surface area contributed by atoms with Crippen LogP contribution in [0.5, 0.6) is 0 Å². The van der Waals surface area contributed by atoms with E-state index in [4.69, 9.17) is 20.5 Å². The van der Waals surface area contributed by atoms with Crippen LogP contribution in [0.4, 0.5) is 5.69 Å². The molecule has 0 amide bonds. The van der Waals surface area contributed by atoms with Gasteiger partial charge in [-0.1, -0.05) is 12.1 Å². The summed E-state index contributed by atoms with van der Waals surface area (Å²) in [6.45, 7) is 8.06. The number of hydrogen-bond acceptors (Lipinski definition) is 4. The van der Waals surface area contributed by atoms with Crippen LogP contribution < -0.4 is 11.2 Å². The summed E-state index contributed by atoms with van der Waals surface area (Å²) in [5.74, 6) is 0. The van der Waals surface area contributed by atoms with E-state index in [-0.39, 0.29) is 11.2 Å². The van der Waals surface area contributed by atoms with Gasteiger partial charge in [0.1, 0.15) is 0 Å². The predicted molar refractivity (Wildman–Crippen MR) is 74.5 cm³/mol. The maximum Gasteiger partial charge on any atom is 0.494 e. The van der Waals surface area contributed by atoms with Gasteiger partial charge in [0, 0.05) is 17.5 Å². The molecular formula is C13H19BN2O2. The van der Waals surface area contributed by atoms with Gasteiger partial charge in [-0.3, -0.25) is 0 Å². The first kappa shape index (κ1) is 13.1. The zero-order chi connectivity index (χ0) is 13.6. The van der Waals surface area contributed by atoms with Crippen molar-refractivity contribution in [2.45, 2.75) is 38.9 Å². The molecule has 1 aromatic carbocycles. The second-order valence-corrected chi connectivity index (χ2v) is 5.62. The summed E-state index contributed by atoms with van der Waals surface area (Å²) in [7, 11) is -0.408. The van der Waals surface area contributed by atoms with Crippen molar-refractivity contribution in [1.29, 1.82) is 5.41 Å². The van der Waals surface area contributed by atoms with E-state index < -0.39 is 7.12 Å². The fraction of sp³-hybridized carbons (Fsp3) is 0.462. The number of rotatable bonds is 2. The third-order valence-electron chi connectivity index (χ3n) is 3.79. The highest BCUT2D eigenvalue weighted by Crippen LogP contribution is 2.36. The molecule has 5 heteroatoms. The van der Waals surface area contributed by atoms with E-state index in [1.165, 1.54) is 6.21 Å². The van der Waals surface area contributed by atoms with Crippen LogP contribution in [-0.2, 0) is 9.31 Å². The summed E-state index contributed by atoms with van der Waals surface area (Å²) >= 11 is 0. The lowest BCUT2D eigenvalue weighted by atomic mass is 9.78. The molecule has 1 saturated heterocycles. The molecule has 4 nitrogen and oxygen atoms in total. The first-order valence-corrected chi connectivity index (χ1v) is 6.02. The summed E-state index contributed by atoms with van der Waals surface area (Å²) in [4.78, 5) is 0. The fourth-order valence-electron chi connectivity index (χ4n) is 1.84. The average molecular weight is 246 g/mol. The maximum absolute atomic E-state index is 7.32. The lowest BCUT2D eigenvalue weighted by Gasteiger charge is -2.32. The summed E-state index contributed by atoms with van der Waals surface area (Å²) in [5.41, 5.74) is 7.22. The molecule has 0 aromatic heterocycles. The summed E-state index contributed by atoms with van der Waals surface area (Å²) < 4.78 is 11.9. The van der Waals surface area contributed by atoms with Gasteiger partial charge in [-0.25, -0.2) is 0 Å². The molecule has 1 aliphatic rings. The monoisotopic (exact) mass is 246 g/mol. The van der Waals surface area contributed by atoms with Gasteiger partial charge in [0.2, 0.25) is 0 Å². The average Bonchev–Trinajstić information content (AvgIpc) is 2.49. The Labute approximate surface area is 108 Å². The Morgan fingerprint density at radius 2 is 1.72 bits per heavy atom. The quantitative estimate of drug-likeness (QED) is 0.472. The van der Waals surface area contributed by atoms with E-state index in [1.807, 2.05) is 39.8 Å². The lowest BCUT2D eigenvalue weighted by Crippen LogP contribution is -2.41. The Balaban J connectivity index is 2.32. The number of nitrogens with one attached hydrogen (secondary N) is 1. The van der Waals surface area contributed by atoms with Crippen LogP contribution in [0.15, 0.2) is 18.2 Å². The zero-order valence-corrected chi connectivity index (χ0v) is 11.3. The summed E-state index contributed by atoms with van der Waals surface area (Å²) in [6.07, 6.45) is 1.24. The van der Waals surface area contributed by atoms with Gasteiger partial charge < -0.3 is 20.5 Å². The SMILES string of the molecule is CC1(C)OB(c2ccc(N)c(C=N)c2)OC1(C)C. The smallest absolute Gasteiger partial charge is 0.399 e. The summed E-state index contributed by atoms with van der Waals surface area (Å²) in [6, 6.07) is 5.50. The molecule has 0 atom stereocenters. The predicted octanol–water partition coefficient (Wildman–Crippen LogP) is 1.57. The number of nitrogen functional groups attached to an aromatic ring is 1. The van der Waals surface area contributed by atoms with Crippen molar-refractivity contribution in [2.75, 3.05) is 5.73 Å². The minimum Gasteiger partial charge on any atom is -0.399 e. The van der Waals surface area contributed by atoms with Crippen molar-refractivity contribution in [2.24, 2.45) is 0 Å². The molecule has 0 saturated carbocycles. The molecule has 3 N–H and O–H groups in total. The number of nitrogens with two attached hydrogens (primary N) is 1. The number of hydrogen-bond donors (Lipinski definition) is 2. The highest BCUT2D eigenvalue weighted by Gasteiger charge is 2.51. The van der Waals surface area contributed by atoms with Crippen molar-refractivity contribution >= 4 is 24.5 Å². The molecule has 0 spiro atoms. The van der Waals surface area contributed by atoms with E-state index >= 15 is 0 Å². The lowest BCUT2D eigenvalue weighted by molar-refractivity contribution is 0.00578. The van der Waals surface area contributed by atoms with Crippen molar-refractivity contribution in [1.82, 2.24) is 0 Å². The standard InChI is InChI=1S/C13H19BN2O2/c1-12(2)13(3,4)18-14(17-12)10-5-6-11(16)9(7-10)8-15/h5-8,15H,16H2,1-4H3. The molecule has 18 heavy (non-hydrogen) atoms. The van der Waals surface area contributed by atoms with Crippen LogP contribution in [0.1, 0.15) is 33.3 Å². The minimum atomic E-state index is -0.408. The molecule has 0 bridgehead atoms. The number of anilines is 1. The van der Waals surface area contributed by atoms with Crippen LogP contribution >= 0.6 is 0 Å². The van der Waals surface area contributed by atoms with Gasteiger partial charge in [0.15, 0.2) is 0 Å². The molecular weight excluding hydrogens is 227 g/mol. The van der Waals surface area contributed by atoms with Gasteiger partial charge in [0.25, 0.3) is 0 Å². The van der Waals surface area contributed by atoms with E-state index in [9.17, 15) is 0 Å². The highest BCUT2D eigenvalue weighted by molar-refractivity contribution is 6.62. The molecule has 0 aliphatic carbocycles. The molecule has 1 aromatic rings. The van der Waals surface area contributed by atoms with Gasteiger partial charge in [-0.2, -0.15) is 0 Å². The summed E-state index contributed by atoms with van der Waals surface area (Å²) in [5, 5.41) is 7.32. The second kappa shape index (κ2) is 4.11. The van der Waals surface area contributed by atoms with Crippen LogP contribution in [0, 0.1) is 5.41 Å². The second-order valence-electron chi connectivity index (χ2n) is 5.62. The van der Waals surface area contributed by atoms with Crippen LogP contribution in [0.2, 0.25) is 0 Å². The Hall–Kier alpha value is -1.33. The fourth-order valence-corrected chi connectivity index (χ4v) is 1.84. The molecule has 1 heterocycles. The van der Waals surface area contributed by atoms with Gasteiger partial charge >= 0.3 is 7.12 Å². The Kier molecular flexibility index (Phi) is 2.99. The van der Waals surface area contributed by atoms with E-state index in [0.717, 1.165) is 5.46 Å². The first-order chi connectivity index (χ1) is 8.27. The van der Waals surface area contributed by atoms with E-state index in [1.54, 1.807) is 6.07 Å². The minimum absolute atomic E-state index is 0.357. The largest absolute Gasteiger partial charge is 0.494 e. The van der Waals surface area contributed by atoms with E-state index in [0.29, 0.717) is 11.3 Å². The van der Waals surface area contributed by atoms with Gasteiger partial charge in [-0.15, -0.1) is 0 Å². The van der Waals surface area contributed by atoms with E-state index in [2.05, 4.69) is 0 Å². The van der Waals surface area contributed by atoms with Crippen LogP contribution in [0.25, 0.3) is 0 Å². The third-order valence-corrected chi connectivity index (χ3v) is 3.79. The Morgan fingerprint density at radius 3 is 2.22 bits per heavy atom. The highest BCUT2D eigenvalue weighted by atomic mass is 16.7. The molecule has 2 rings (SSSR count). The molecule has 96 valence electrons. The maximum atomic E-state index is 7.32. The van der Waals surface area contributed by atoms with Crippen LogP contribution in [0.3, 0.4) is 0 Å². The Morgan fingerprint density at radius 1 is 1.17 bits per heavy atom. The normalized spacial score (nSPS) is 21.0. The van der Waals surface area contributed by atoms with Gasteiger partial charge in [-0.05, 0) is 39.2 Å². The zero-order valence-electron chi connectivity index (χ0n) is 11.3. The van der Waals surface area contributed by atoms with Crippen molar-refractivity contribution in [3.05, 3.63) is 23.8 Å². The van der Waals surface area contributed by atoms with Crippen LogP contribution in [-0.4, -0.2) is 24.5 Å². The van der Waals surface area contributed by atoms with Crippen molar-refractivity contribution in [3.8, 4) is 0 Å². The number of benzene rings is 1. The Bertz CT molecular complexity index is 470. The molecule has 1 aliphatic heterocycles.